The van der Waals surface area contributed by atoms with Crippen molar-refractivity contribution in [2.24, 2.45) is 0 Å². The van der Waals surface area contributed by atoms with Crippen molar-refractivity contribution in [3.8, 4) is 11.4 Å². The molecule has 1 aliphatic heterocycles. The molecular formula is C20H17ClN6. The summed E-state index contributed by atoms with van der Waals surface area (Å²) in [4.78, 5) is 13.4. The van der Waals surface area contributed by atoms with Crippen LogP contribution in [-0.2, 0) is 13.0 Å². The zero-order valence-electron chi connectivity index (χ0n) is 14.5. The molecule has 27 heavy (non-hydrogen) atoms. The van der Waals surface area contributed by atoms with Crippen LogP contribution in [0.5, 0.6) is 0 Å². The molecule has 134 valence electrons. The number of nitrogens with one attached hydrogen (secondary N) is 2. The summed E-state index contributed by atoms with van der Waals surface area (Å²) in [6.45, 7) is 1.93. The van der Waals surface area contributed by atoms with Gasteiger partial charge in [-0.05, 0) is 54.4 Å². The van der Waals surface area contributed by atoms with Crippen molar-refractivity contribution in [2.45, 2.75) is 13.0 Å². The highest BCUT2D eigenvalue weighted by Crippen LogP contribution is 2.28. The van der Waals surface area contributed by atoms with Crippen LogP contribution in [0.25, 0.3) is 17.0 Å². The summed E-state index contributed by atoms with van der Waals surface area (Å²) in [5.41, 5.74) is 5.96. The standard InChI is InChI=1S/C20H17ClN6/c21-19-18(27-10-2-1-3-17(27)26-19)16-7-9-23-20(25-16)24-15-5-4-14-12-22-8-6-13(14)11-15/h1-5,7,9-11,22H,6,8,12H2,(H,23,24,25). The van der Waals surface area contributed by atoms with Crippen LogP contribution in [0.15, 0.2) is 54.9 Å². The first kappa shape index (κ1) is 16.2. The van der Waals surface area contributed by atoms with E-state index in [2.05, 4.69) is 43.8 Å². The monoisotopic (exact) mass is 376 g/mol. The van der Waals surface area contributed by atoms with E-state index in [0.717, 1.165) is 42.2 Å². The summed E-state index contributed by atoms with van der Waals surface area (Å²) in [7, 11) is 0. The fourth-order valence-electron chi connectivity index (χ4n) is 3.43. The maximum atomic E-state index is 6.38. The van der Waals surface area contributed by atoms with Gasteiger partial charge in [-0.15, -0.1) is 0 Å². The number of hydrogen-bond donors (Lipinski definition) is 2. The van der Waals surface area contributed by atoms with Crippen LogP contribution >= 0.6 is 11.6 Å². The molecule has 2 N–H and O–H groups in total. The Bertz CT molecular complexity index is 1140. The molecule has 5 rings (SSSR count). The molecule has 1 aliphatic rings. The Balaban J connectivity index is 1.50. The highest BCUT2D eigenvalue weighted by atomic mass is 35.5. The number of imidazole rings is 1. The first-order valence-corrected chi connectivity index (χ1v) is 9.21. The van der Waals surface area contributed by atoms with E-state index in [9.17, 15) is 0 Å². The fourth-order valence-corrected chi connectivity index (χ4v) is 3.71. The second kappa shape index (κ2) is 6.64. The van der Waals surface area contributed by atoms with E-state index in [4.69, 9.17) is 11.6 Å². The van der Waals surface area contributed by atoms with E-state index in [1.54, 1.807) is 6.20 Å². The fraction of sp³-hybridized carbons (Fsp3) is 0.150. The van der Waals surface area contributed by atoms with Gasteiger partial charge >= 0.3 is 0 Å². The Labute approximate surface area is 161 Å². The highest BCUT2D eigenvalue weighted by molar-refractivity contribution is 6.32. The number of anilines is 2. The van der Waals surface area contributed by atoms with Gasteiger partial charge < -0.3 is 10.6 Å². The first-order valence-electron chi connectivity index (χ1n) is 8.83. The molecule has 7 heteroatoms. The summed E-state index contributed by atoms with van der Waals surface area (Å²) >= 11 is 6.38. The largest absolute Gasteiger partial charge is 0.324 e. The van der Waals surface area contributed by atoms with Crippen molar-refractivity contribution in [1.82, 2.24) is 24.7 Å². The van der Waals surface area contributed by atoms with Gasteiger partial charge in [0, 0.05) is 24.6 Å². The average Bonchev–Trinajstić information content (AvgIpc) is 3.04. The summed E-state index contributed by atoms with van der Waals surface area (Å²) in [6.07, 6.45) is 4.69. The lowest BCUT2D eigenvalue weighted by atomic mass is 10.0. The molecule has 6 nitrogen and oxygen atoms in total. The Hall–Kier alpha value is -2.96. The third-order valence-corrected chi connectivity index (χ3v) is 5.00. The summed E-state index contributed by atoms with van der Waals surface area (Å²) < 4.78 is 1.93. The van der Waals surface area contributed by atoms with Crippen LogP contribution in [-0.4, -0.2) is 25.9 Å². The molecule has 1 aromatic carbocycles. The van der Waals surface area contributed by atoms with Gasteiger partial charge in [0.05, 0.1) is 5.69 Å². The third kappa shape index (κ3) is 3.03. The van der Waals surface area contributed by atoms with E-state index in [-0.39, 0.29) is 0 Å². The van der Waals surface area contributed by atoms with Crippen LogP contribution in [0.3, 0.4) is 0 Å². The van der Waals surface area contributed by atoms with Gasteiger partial charge in [-0.1, -0.05) is 23.7 Å². The number of halogens is 1. The van der Waals surface area contributed by atoms with E-state index in [0.29, 0.717) is 11.1 Å². The van der Waals surface area contributed by atoms with Crippen LogP contribution in [0.2, 0.25) is 5.15 Å². The van der Waals surface area contributed by atoms with Crippen LogP contribution in [0.1, 0.15) is 11.1 Å². The number of aromatic nitrogens is 4. The maximum absolute atomic E-state index is 6.38. The van der Waals surface area contributed by atoms with Gasteiger partial charge in [0.15, 0.2) is 5.15 Å². The predicted octanol–water partition coefficient (Wildman–Crippen LogP) is 3.83. The number of rotatable bonds is 3. The Kier molecular flexibility index (Phi) is 3.99. The van der Waals surface area contributed by atoms with Gasteiger partial charge in [0.2, 0.25) is 5.95 Å². The van der Waals surface area contributed by atoms with E-state index >= 15 is 0 Å². The molecule has 4 aromatic rings. The molecular weight excluding hydrogens is 360 g/mol. The topological polar surface area (TPSA) is 67.1 Å². The number of hydrogen-bond acceptors (Lipinski definition) is 5. The number of nitrogens with zero attached hydrogens (tertiary/aromatic N) is 4. The molecule has 0 aliphatic carbocycles. The minimum atomic E-state index is 0.423. The van der Waals surface area contributed by atoms with Gasteiger partial charge in [-0.2, -0.15) is 0 Å². The van der Waals surface area contributed by atoms with Crippen molar-refractivity contribution in [3.63, 3.8) is 0 Å². The van der Waals surface area contributed by atoms with Crippen LogP contribution in [0.4, 0.5) is 11.6 Å². The molecule has 0 amide bonds. The minimum absolute atomic E-state index is 0.423. The van der Waals surface area contributed by atoms with Gasteiger partial charge in [-0.25, -0.2) is 15.0 Å². The van der Waals surface area contributed by atoms with Crippen molar-refractivity contribution in [1.29, 1.82) is 0 Å². The van der Waals surface area contributed by atoms with Crippen molar-refractivity contribution < 1.29 is 0 Å². The zero-order chi connectivity index (χ0) is 18.2. The molecule has 0 fully saturated rings. The van der Waals surface area contributed by atoms with Gasteiger partial charge in [-0.3, -0.25) is 4.40 Å². The average molecular weight is 377 g/mol. The molecule has 0 spiro atoms. The lowest BCUT2D eigenvalue weighted by Crippen LogP contribution is -2.23. The number of pyridine rings is 1. The molecule has 0 radical (unpaired) electrons. The van der Waals surface area contributed by atoms with Gasteiger partial charge in [0.25, 0.3) is 0 Å². The minimum Gasteiger partial charge on any atom is -0.324 e. The number of benzene rings is 1. The molecule has 4 heterocycles. The quantitative estimate of drug-likeness (QED) is 0.568. The Morgan fingerprint density at radius 2 is 2.04 bits per heavy atom. The third-order valence-electron chi connectivity index (χ3n) is 4.73. The molecule has 3 aromatic heterocycles. The molecule has 0 saturated heterocycles. The lowest BCUT2D eigenvalue weighted by molar-refractivity contribution is 0.644. The summed E-state index contributed by atoms with van der Waals surface area (Å²) in [5, 5.41) is 7.12. The first-order chi connectivity index (χ1) is 13.3. The van der Waals surface area contributed by atoms with Crippen molar-refractivity contribution >= 4 is 28.9 Å². The second-order valence-corrected chi connectivity index (χ2v) is 6.84. The van der Waals surface area contributed by atoms with E-state index < -0.39 is 0 Å². The van der Waals surface area contributed by atoms with E-state index in [1.807, 2.05) is 34.9 Å². The lowest BCUT2D eigenvalue weighted by Gasteiger charge is -2.18. The second-order valence-electron chi connectivity index (χ2n) is 6.48. The van der Waals surface area contributed by atoms with Gasteiger partial charge in [0.1, 0.15) is 11.3 Å². The van der Waals surface area contributed by atoms with Crippen LogP contribution in [0, 0.1) is 0 Å². The molecule has 0 unspecified atom stereocenters. The van der Waals surface area contributed by atoms with Crippen molar-refractivity contribution in [3.05, 3.63) is 71.1 Å². The predicted molar refractivity (Wildman–Crippen MR) is 106 cm³/mol. The normalized spacial score (nSPS) is 13.5. The highest BCUT2D eigenvalue weighted by Gasteiger charge is 2.15. The van der Waals surface area contributed by atoms with E-state index in [1.165, 1.54) is 11.1 Å². The van der Waals surface area contributed by atoms with Crippen LogP contribution < -0.4 is 10.6 Å². The maximum Gasteiger partial charge on any atom is 0.227 e. The molecule has 0 atom stereocenters. The number of fused-ring (bicyclic) bond motifs is 2. The summed E-state index contributed by atoms with van der Waals surface area (Å²) in [6, 6.07) is 14.0. The smallest absolute Gasteiger partial charge is 0.227 e. The Morgan fingerprint density at radius 1 is 1.07 bits per heavy atom. The van der Waals surface area contributed by atoms with Crippen molar-refractivity contribution in [2.75, 3.05) is 11.9 Å². The summed E-state index contributed by atoms with van der Waals surface area (Å²) in [5.74, 6) is 0.531. The zero-order valence-corrected chi connectivity index (χ0v) is 15.2. The SMILES string of the molecule is Clc1nc2ccccn2c1-c1ccnc(Nc2ccc3c(c2)CCNC3)n1. The Morgan fingerprint density at radius 3 is 3.00 bits per heavy atom. The molecule has 0 saturated carbocycles. The molecule has 0 bridgehead atoms.